The third-order valence-electron chi connectivity index (χ3n) is 3.26. The van der Waals surface area contributed by atoms with Crippen molar-refractivity contribution in [2.24, 2.45) is 0 Å². The first-order valence-corrected chi connectivity index (χ1v) is 10.3. The lowest BCUT2D eigenvalue weighted by Crippen LogP contribution is -2.11. The summed E-state index contributed by atoms with van der Waals surface area (Å²) < 4.78 is 4.81. The molecule has 0 bridgehead atoms. The van der Waals surface area contributed by atoms with E-state index in [2.05, 4.69) is 31.9 Å². The number of hydrogen-bond acceptors (Lipinski definition) is 3. The van der Waals surface area contributed by atoms with E-state index in [1.54, 1.807) is 0 Å². The molecule has 0 radical (unpaired) electrons. The van der Waals surface area contributed by atoms with E-state index in [0.717, 1.165) is 49.2 Å². The van der Waals surface area contributed by atoms with Crippen LogP contribution in [-0.4, -0.2) is 22.6 Å². The van der Waals surface area contributed by atoms with Crippen LogP contribution in [0.4, 0.5) is 0 Å². The largest absolute Gasteiger partial charge is 0.393 e. The molecule has 0 fully saturated rings. The number of halogens is 2. The summed E-state index contributed by atoms with van der Waals surface area (Å²) in [6.45, 7) is 0. The van der Waals surface area contributed by atoms with Gasteiger partial charge in [0.05, 0.1) is 0 Å². The van der Waals surface area contributed by atoms with E-state index >= 15 is 0 Å². The van der Waals surface area contributed by atoms with E-state index in [1.165, 1.54) is 25.7 Å². The van der Waals surface area contributed by atoms with E-state index in [1.807, 2.05) is 0 Å². The Morgan fingerprint density at radius 1 is 0.571 bits per heavy atom. The first-order chi connectivity index (χ1) is 10.2. The minimum absolute atomic E-state index is 0.361. The number of alkyl halides is 2. The third-order valence-corrected chi connectivity index (χ3v) is 4.38. The van der Waals surface area contributed by atoms with E-state index in [9.17, 15) is 9.59 Å². The molecule has 0 spiro atoms. The topological polar surface area (TPSA) is 43.4 Å². The molecule has 0 rings (SSSR count). The van der Waals surface area contributed by atoms with Crippen molar-refractivity contribution in [3.8, 4) is 0 Å². The van der Waals surface area contributed by atoms with E-state index in [0.29, 0.717) is 12.8 Å². The van der Waals surface area contributed by atoms with Crippen molar-refractivity contribution < 1.29 is 14.3 Å². The summed E-state index contributed by atoms with van der Waals surface area (Å²) in [5.74, 6) is -0.723. The van der Waals surface area contributed by atoms with Gasteiger partial charge in [0.1, 0.15) is 0 Å². The lowest BCUT2D eigenvalue weighted by molar-refractivity contribution is -0.159. The van der Waals surface area contributed by atoms with Crippen LogP contribution in [0.15, 0.2) is 0 Å². The monoisotopic (exact) mass is 426 g/mol. The Balaban J connectivity index is 3.38. The number of hydrogen-bond donors (Lipinski definition) is 0. The summed E-state index contributed by atoms with van der Waals surface area (Å²) >= 11 is 6.79. The van der Waals surface area contributed by atoms with Crippen LogP contribution in [0.1, 0.15) is 77.0 Å². The maximum Gasteiger partial charge on any atom is 0.313 e. The van der Waals surface area contributed by atoms with Crippen LogP contribution >= 0.6 is 31.9 Å². The van der Waals surface area contributed by atoms with Gasteiger partial charge >= 0.3 is 11.9 Å². The highest BCUT2D eigenvalue weighted by Gasteiger charge is 2.09. The van der Waals surface area contributed by atoms with Gasteiger partial charge in [-0.15, -0.1) is 0 Å². The van der Waals surface area contributed by atoms with Gasteiger partial charge in [-0.2, -0.15) is 0 Å². The van der Waals surface area contributed by atoms with Crippen molar-refractivity contribution >= 4 is 43.8 Å². The summed E-state index contributed by atoms with van der Waals surface area (Å²) in [6.07, 6.45) is 11.5. The van der Waals surface area contributed by atoms with Gasteiger partial charge in [0.15, 0.2) is 0 Å². The predicted octanol–water partition coefficient (Wildman–Crippen LogP) is 5.53. The third kappa shape index (κ3) is 16.3. The van der Waals surface area contributed by atoms with E-state index in [4.69, 9.17) is 4.74 Å². The molecule has 0 amide bonds. The highest BCUT2D eigenvalue weighted by atomic mass is 79.9. The van der Waals surface area contributed by atoms with Crippen molar-refractivity contribution in [2.45, 2.75) is 77.0 Å². The minimum Gasteiger partial charge on any atom is -0.393 e. The Bertz CT molecular complexity index is 244. The zero-order valence-electron chi connectivity index (χ0n) is 12.9. The molecule has 3 nitrogen and oxygen atoms in total. The van der Waals surface area contributed by atoms with Gasteiger partial charge in [0.2, 0.25) is 0 Å². The fourth-order valence-corrected chi connectivity index (χ4v) is 2.81. The normalized spacial score (nSPS) is 10.6. The Morgan fingerprint density at radius 2 is 0.905 bits per heavy atom. The molecule has 0 atom stereocenters. The van der Waals surface area contributed by atoms with Crippen LogP contribution in [-0.2, 0) is 14.3 Å². The summed E-state index contributed by atoms with van der Waals surface area (Å²) in [6, 6.07) is 0. The fraction of sp³-hybridized carbons (Fsp3) is 0.875. The molecule has 0 aliphatic rings. The van der Waals surface area contributed by atoms with E-state index in [-0.39, 0.29) is 11.9 Å². The zero-order chi connectivity index (χ0) is 15.8. The molecule has 5 heteroatoms. The predicted molar refractivity (Wildman–Crippen MR) is 94.1 cm³/mol. The highest BCUT2D eigenvalue weighted by Crippen LogP contribution is 2.09. The SMILES string of the molecule is O=C(CCCCCCCBr)OC(=O)CCCCCCCBr. The molecule has 0 N–H and O–H groups in total. The van der Waals surface area contributed by atoms with E-state index < -0.39 is 0 Å². The molecular weight excluding hydrogens is 400 g/mol. The number of esters is 2. The van der Waals surface area contributed by atoms with Crippen LogP contribution in [0.2, 0.25) is 0 Å². The highest BCUT2D eigenvalue weighted by molar-refractivity contribution is 9.09. The summed E-state index contributed by atoms with van der Waals surface area (Å²) in [5.41, 5.74) is 0. The zero-order valence-corrected chi connectivity index (χ0v) is 16.1. The maximum absolute atomic E-state index is 11.5. The van der Waals surface area contributed by atoms with Crippen molar-refractivity contribution in [1.82, 2.24) is 0 Å². The molecule has 124 valence electrons. The molecular formula is C16H28Br2O3. The van der Waals surface area contributed by atoms with Crippen LogP contribution < -0.4 is 0 Å². The maximum atomic E-state index is 11.5. The first kappa shape index (κ1) is 21.1. The average Bonchev–Trinajstić information content (AvgIpc) is 2.46. The van der Waals surface area contributed by atoms with Gasteiger partial charge in [0.25, 0.3) is 0 Å². The number of carbonyl (C=O) groups is 2. The Kier molecular flexibility index (Phi) is 16.5. The minimum atomic E-state index is -0.361. The molecule has 0 aromatic carbocycles. The summed E-state index contributed by atoms with van der Waals surface area (Å²) in [4.78, 5) is 22.9. The molecule has 0 unspecified atom stereocenters. The van der Waals surface area contributed by atoms with Gasteiger partial charge in [-0.05, 0) is 25.7 Å². The van der Waals surface area contributed by atoms with Crippen LogP contribution in [0.25, 0.3) is 0 Å². The molecule has 0 saturated carbocycles. The van der Waals surface area contributed by atoms with Crippen molar-refractivity contribution in [1.29, 1.82) is 0 Å². The number of rotatable bonds is 14. The second-order valence-corrected chi connectivity index (χ2v) is 6.85. The molecule has 0 heterocycles. The fourth-order valence-electron chi connectivity index (χ4n) is 2.02. The van der Waals surface area contributed by atoms with Crippen LogP contribution in [0.3, 0.4) is 0 Å². The molecule has 0 saturated heterocycles. The Hall–Kier alpha value is 0.1000. The van der Waals surface area contributed by atoms with Gasteiger partial charge in [0, 0.05) is 23.5 Å². The number of carbonyl (C=O) groups excluding carboxylic acids is 2. The second kappa shape index (κ2) is 16.5. The molecule has 0 aromatic heterocycles. The van der Waals surface area contributed by atoms with Gasteiger partial charge in [-0.3, -0.25) is 9.59 Å². The van der Waals surface area contributed by atoms with Crippen molar-refractivity contribution in [3.05, 3.63) is 0 Å². The molecule has 0 aliphatic heterocycles. The van der Waals surface area contributed by atoms with Crippen LogP contribution in [0, 0.1) is 0 Å². The Labute approximate surface area is 145 Å². The smallest absolute Gasteiger partial charge is 0.313 e. The number of ether oxygens (including phenoxy) is 1. The molecule has 0 aromatic rings. The lowest BCUT2D eigenvalue weighted by atomic mass is 10.1. The molecule has 21 heavy (non-hydrogen) atoms. The van der Waals surface area contributed by atoms with Crippen LogP contribution in [0.5, 0.6) is 0 Å². The van der Waals surface area contributed by atoms with Crippen molar-refractivity contribution in [2.75, 3.05) is 10.7 Å². The molecule has 0 aliphatic carbocycles. The van der Waals surface area contributed by atoms with Gasteiger partial charge in [-0.25, -0.2) is 0 Å². The Morgan fingerprint density at radius 3 is 1.29 bits per heavy atom. The lowest BCUT2D eigenvalue weighted by Gasteiger charge is -2.03. The summed E-state index contributed by atoms with van der Waals surface area (Å²) in [5, 5.41) is 2.08. The quantitative estimate of drug-likeness (QED) is 0.158. The average molecular weight is 428 g/mol. The standard InChI is InChI=1S/C16H28Br2O3/c17-13-9-5-1-3-7-11-15(19)21-16(20)12-8-4-2-6-10-14-18/h1-14H2. The van der Waals surface area contributed by atoms with Gasteiger partial charge in [-0.1, -0.05) is 70.4 Å². The summed E-state index contributed by atoms with van der Waals surface area (Å²) in [7, 11) is 0. The number of unbranched alkanes of at least 4 members (excludes halogenated alkanes) is 8. The first-order valence-electron chi connectivity index (χ1n) is 8.06. The second-order valence-electron chi connectivity index (χ2n) is 5.26. The van der Waals surface area contributed by atoms with Crippen molar-refractivity contribution in [3.63, 3.8) is 0 Å². The van der Waals surface area contributed by atoms with Gasteiger partial charge < -0.3 is 4.74 Å².